The normalized spacial score (nSPS) is 23.4. The van der Waals surface area contributed by atoms with E-state index in [0.29, 0.717) is 12.1 Å². The highest BCUT2D eigenvalue weighted by atomic mass is 32.2. The molecule has 0 saturated carbocycles. The molecule has 22 heavy (non-hydrogen) atoms. The minimum atomic E-state index is -3.69. The molecule has 1 aliphatic rings. The lowest BCUT2D eigenvalue weighted by Crippen LogP contribution is -2.39. The Bertz CT molecular complexity index is 615. The molecule has 0 N–H and O–H groups in total. The van der Waals surface area contributed by atoms with Gasteiger partial charge < -0.3 is 4.74 Å². The zero-order valence-corrected chi connectivity index (χ0v) is 14.2. The third-order valence-corrected chi connectivity index (χ3v) is 5.98. The molecule has 1 aromatic rings. The Labute approximate surface area is 131 Å². The van der Waals surface area contributed by atoms with Gasteiger partial charge in [-0.15, -0.1) is 0 Å². The molecule has 1 heterocycles. The third kappa shape index (κ3) is 3.65. The monoisotopic (exact) mass is 330 g/mol. The molecule has 2 atom stereocenters. The molecule has 1 aliphatic heterocycles. The molecule has 1 aromatic carbocycles. The third-order valence-electron chi connectivity index (χ3n) is 4.17. The van der Waals surface area contributed by atoms with Crippen molar-refractivity contribution in [2.45, 2.75) is 30.4 Å². The molecule has 0 radical (unpaired) electrons. The van der Waals surface area contributed by atoms with E-state index in [4.69, 9.17) is 4.74 Å². The highest BCUT2D eigenvalue weighted by Gasteiger charge is 2.33. The average Bonchev–Trinajstić information content (AvgIpc) is 2.78. The van der Waals surface area contributed by atoms with E-state index in [9.17, 15) is 12.8 Å². The van der Waals surface area contributed by atoms with Crippen molar-refractivity contribution in [3.05, 3.63) is 29.6 Å². The predicted molar refractivity (Wildman–Crippen MR) is 82.8 cm³/mol. The van der Waals surface area contributed by atoms with Crippen LogP contribution in [0.1, 0.15) is 12.0 Å². The fourth-order valence-corrected chi connectivity index (χ4v) is 4.16. The van der Waals surface area contributed by atoms with Crippen molar-refractivity contribution in [1.82, 2.24) is 9.21 Å². The van der Waals surface area contributed by atoms with Gasteiger partial charge in [-0.2, -0.15) is 4.31 Å². The summed E-state index contributed by atoms with van der Waals surface area (Å²) in [7, 11) is 1.46. The number of aryl methyl sites for hydroxylation is 1. The summed E-state index contributed by atoms with van der Waals surface area (Å²) >= 11 is 0. The summed E-state index contributed by atoms with van der Waals surface area (Å²) in [5.74, 6) is -0.538. The van der Waals surface area contributed by atoms with Gasteiger partial charge in [0.05, 0.1) is 11.0 Å². The van der Waals surface area contributed by atoms with Crippen molar-refractivity contribution in [3.8, 4) is 0 Å². The first kappa shape index (κ1) is 17.3. The summed E-state index contributed by atoms with van der Waals surface area (Å²) in [6.45, 7) is 2.82. The van der Waals surface area contributed by atoms with Crippen LogP contribution in [0.4, 0.5) is 4.39 Å². The lowest BCUT2D eigenvalue weighted by molar-refractivity contribution is 0.111. The van der Waals surface area contributed by atoms with Crippen LogP contribution in [0.25, 0.3) is 0 Å². The van der Waals surface area contributed by atoms with Gasteiger partial charge in [-0.3, -0.25) is 4.90 Å². The Morgan fingerprint density at radius 3 is 2.64 bits per heavy atom. The molecule has 124 valence electrons. The lowest BCUT2D eigenvalue weighted by atomic mass is 10.2. The summed E-state index contributed by atoms with van der Waals surface area (Å²) < 4.78 is 45.3. The van der Waals surface area contributed by atoms with Crippen LogP contribution in [0.5, 0.6) is 0 Å². The number of halogens is 1. The standard InChI is InChI=1S/C15H23FN2O3S/c1-11-5-12(16)7-15(6-11)22(19,20)18(3)9-13-8-14(21-4)10-17(13)2/h5-7,13-14H,8-10H2,1-4H3/t13-,14-/m0/s1. The maximum absolute atomic E-state index is 13.5. The number of methoxy groups -OCH3 is 1. The van der Waals surface area contributed by atoms with E-state index >= 15 is 0 Å². The number of benzene rings is 1. The summed E-state index contributed by atoms with van der Waals surface area (Å²) in [5, 5.41) is 0. The van der Waals surface area contributed by atoms with E-state index < -0.39 is 15.8 Å². The number of hydrogen-bond acceptors (Lipinski definition) is 4. The summed E-state index contributed by atoms with van der Waals surface area (Å²) in [4.78, 5) is 2.09. The number of hydrogen-bond donors (Lipinski definition) is 0. The van der Waals surface area contributed by atoms with E-state index in [1.807, 2.05) is 7.05 Å². The summed E-state index contributed by atoms with van der Waals surface area (Å²) in [6, 6.07) is 3.97. The number of likely N-dealkylation sites (N-methyl/N-ethyl adjacent to an activating group) is 2. The molecular weight excluding hydrogens is 307 g/mol. The maximum atomic E-state index is 13.5. The van der Waals surface area contributed by atoms with Crippen LogP contribution < -0.4 is 0 Å². The molecule has 7 heteroatoms. The quantitative estimate of drug-likeness (QED) is 0.820. The highest BCUT2D eigenvalue weighted by molar-refractivity contribution is 7.89. The Morgan fingerprint density at radius 2 is 2.09 bits per heavy atom. The zero-order chi connectivity index (χ0) is 16.5. The van der Waals surface area contributed by atoms with Crippen LogP contribution in [0.2, 0.25) is 0 Å². The Hall–Kier alpha value is -1.02. The van der Waals surface area contributed by atoms with Crippen molar-refractivity contribution in [2.24, 2.45) is 0 Å². The van der Waals surface area contributed by atoms with Crippen molar-refractivity contribution in [1.29, 1.82) is 0 Å². The number of ether oxygens (including phenoxy) is 1. The van der Waals surface area contributed by atoms with Gasteiger partial charge >= 0.3 is 0 Å². The summed E-state index contributed by atoms with van der Waals surface area (Å²) in [6.07, 6.45) is 0.914. The van der Waals surface area contributed by atoms with Gasteiger partial charge in [0, 0.05) is 33.3 Å². The molecule has 0 spiro atoms. The molecule has 0 bridgehead atoms. The van der Waals surface area contributed by atoms with E-state index in [0.717, 1.165) is 19.0 Å². The fourth-order valence-electron chi connectivity index (χ4n) is 2.84. The van der Waals surface area contributed by atoms with Gasteiger partial charge in [0.2, 0.25) is 10.0 Å². The van der Waals surface area contributed by atoms with E-state index in [-0.39, 0.29) is 17.0 Å². The fraction of sp³-hybridized carbons (Fsp3) is 0.600. The van der Waals surface area contributed by atoms with Crippen LogP contribution in [0.15, 0.2) is 23.1 Å². The van der Waals surface area contributed by atoms with Crippen LogP contribution in [0, 0.1) is 12.7 Å². The van der Waals surface area contributed by atoms with Gasteiger partial charge in [-0.05, 0) is 44.2 Å². The minimum absolute atomic E-state index is 0.00329. The van der Waals surface area contributed by atoms with Crippen LogP contribution in [-0.2, 0) is 14.8 Å². The Kier molecular flexibility index (Phi) is 5.21. The molecule has 0 amide bonds. The highest BCUT2D eigenvalue weighted by Crippen LogP contribution is 2.22. The number of rotatable bonds is 5. The van der Waals surface area contributed by atoms with Crippen molar-refractivity contribution in [3.63, 3.8) is 0 Å². The molecule has 0 aromatic heterocycles. The van der Waals surface area contributed by atoms with Crippen molar-refractivity contribution >= 4 is 10.0 Å². The Morgan fingerprint density at radius 1 is 1.41 bits per heavy atom. The maximum Gasteiger partial charge on any atom is 0.242 e. The first-order valence-corrected chi connectivity index (χ1v) is 8.64. The smallest absolute Gasteiger partial charge is 0.242 e. The summed E-state index contributed by atoms with van der Waals surface area (Å²) in [5.41, 5.74) is 0.587. The zero-order valence-electron chi connectivity index (χ0n) is 13.4. The van der Waals surface area contributed by atoms with Gasteiger partial charge in [-0.1, -0.05) is 0 Å². The van der Waals surface area contributed by atoms with Gasteiger partial charge in [-0.25, -0.2) is 12.8 Å². The van der Waals surface area contributed by atoms with Gasteiger partial charge in [0.1, 0.15) is 5.82 Å². The number of sulfonamides is 1. The molecule has 5 nitrogen and oxygen atoms in total. The molecule has 1 fully saturated rings. The lowest BCUT2D eigenvalue weighted by Gasteiger charge is -2.25. The topological polar surface area (TPSA) is 49.9 Å². The minimum Gasteiger partial charge on any atom is -0.380 e. The second-order valence-electron chi connectivity index (χ2n) is 5.94. The molecule has 0 aliphatic carbocycles. The van der Waals surface area contributed by atoms with Crippen LogP contribution in [-0.4, -0.2) is 64.1 Å². The molecular formula is C15H23FN2O3S. The average molecular weight is 330 g/mol. The van der Waals surface area contributed by atoms with E-state index in [1.54, 1.807) is 14.0 Å². The van der Waals surface area contributed by atoms with Crippen LogP contribution in [0.3, 0.4) is 0 Å². The SMILES string of the molecule is CO[C@H]1C[C@@H](CN(C)S(=O)(=O)c2cc(C)cc(F)c2)N(C)C1. The molecule has 2 rings (SSSR count). The van der Waals surface area contributed by atoms with Gasteiger partial charge in [0.15, 0.2) is 0 Å². The largest absolute Gasteiger partial charge is 0.380 e. The van der Waals surface area contributed by atoms with Gasteiger partial charge in [0.25, 0.3) is 0 Å². The number of likely N-dealkylation sites (tertiary alicyclic amines) is 1. The molecule has 0 unspecified atom stereocenters. The van der Waals surface area contributed by atoms with Crippen molar-refractivity contribution < 1.29 is 17.5 Å². The Balaban J connectivity index is 2.15. The molecule has 1 saturated heterocycles. The van der Waals surface area contributed by atoms with E-state index in [1.165, 1.54) is 23.5 Å². The first-order chi connectivity index (χ1) is 10.2. The van der Waals surface area contributed by atoms with Crippen LogP contribution >= 0.6 is 0 Å². The predicted octanol–water partition coefficient (Wildman–Crippen LogP) is 1.47. The van der Waals surface area contributed by atoms with Crippen molar-refractivity contribution in [2.75, 3.05) is 34.3 Å². The second kappa shape index (κ2) is 6.62. The first-order valence-electron chi connectivity index (χ1n) is 7.20. The van der Waals surface area contributed by atoms with E-state index in [2.05, 4.69) is 4.90 Å². The second-order valence-corrected chi connectivity index (χ2v) is 7.98. The number of nitrogens with zero attached hydrogens (tertiary/aromatic N) is 2.